The van der Waals surface area contributed by atoms with E-state index in [1.54, 1.807) is 31.4 Å². The molecule has 0 atom stereocenters. The van der Waals surface area contributed by atoms with Crippen LogP contribution in [0.1, 0.15) is 18.7 Å². The van der Waals surface area contributed by atoms with E-state index in [0.717, 1.165) is 37.9 Å². The topological polar surface area (TPSA) is 75.4 Å². The second kappa shape index (κ2) is 6.76. The highest BCUT2D eigenvalue weighted by atomic mass is 16.5. The second-order valence-electron chi connectivity index (χ2n) is 6.06. The molecule has 7 heteroatoms. The number of hydrogen-bond donors (Lipinski definition) is 0. The number of urea groups is 1. The van der Waals surface area contributed by atoms with Gasteiger partial charge in [0, 0.05) is 51.6 Å². The largest absolute Gasteiger partial charge is 0.339 e. The van der Waals surface area contributed by atoms with Gasteiger partial charge < -0.3 is 14.3 Å². The molecule has 23 heavy (non-hydrogen) atoms. The molecule has 3 rings (SSSR count). The van der Waals surface area contributed by atoms with Crippen LogP contribution in [0.15, 0.2) is 29.0 Å². The minimum absolute atomic E-state index is 0.0834. The summed E-state index contributed by atoms with van der Waals surface area (Å²) in [6, 6.07) is 3.84. The van der Waals surface area contributed by atoms with Crippen LogP contribution in [0.3, 0.4) is 0 Å². The molecule has 0 saturated carbocycles. The summed E-state index contributed by atoms with van der Waals surface area (Å²) in [5.74, 6) is 1.71. The van der Waals surface area contributed by atoms with Crippen LogP contribution < -0.4 is 0 Å². The summed E-state index contributed by atoms with van der Waals surface area (Å²) in [4.78, 5) is 24.0. The molecule has 0 aliphatic carbocycles. The fourth-order valence-electron chi connectivity index (χ4n) is 2.81. The molecule has 0 N–H and O–H groups in total. The van der Waals surface area contributed by atoms with Crippen LogP contribution in [-0.2, 0) is 6.42 Å². The molecule has 1 fully saturated rings. The van der Waals surface area contributed by atoms with Gasteiger partial charge in [0.05, 0.1) is 0 Å². The molecule has 0 unspecified atom stereocenters. The van der Waals surface area contributed by atoms with Crippen LogP contribution in [0.5, 0.6) is 0 Å². The number of rotatable bonds is 3. The molecule has 0 spiro atoms. The van der Waals surface area contributed by atoms with Gasteiger partial charge in [-0.25, -0.2) is 4.79 Å². The first-order valence-corrected chi connectivity index (χ1v) is 7.82. The summed E-state index contributed by atoms with van der Waals surface area (Å²) in [5.41, 5.74) is 0.855. The molecule has 1 aliphatic heterocycles. The first kappa shape index (κ1) is 15.5. The molecule has 2 aromatic heterocycles. The predicted molar refractivity (Wildman–Crippen MR) is 84.6 cm³/mol. The summed E-state index contributed by atoms with van der Waals surface area (Å²) < 4.78 is 5.36. The first-order valence-electron chi connectivity index (χ1n) is 7.82. The zero-order chi connectivity index (χ0) is 16.2. The predicted octanol–water partition coefficient (Wildman–Crippen LogP) is 2.07. The summed E-state index contributed by atoms with van der Waals surface area (Å²) in [7, 11) is 3.57. The van der Waals surface area contributed by atoms with Crippen LogP contribution in [0, 0.1) is 5.92 Å². The van der Waals surface area contributed by atoms with E-state index in [-0.39, 0.29) is 6.03 Å². The zero-order valence-electron chi connectivity index (χ0n) is 13.5. The van der Waals surface area contributed by atoms with Crippen molar-refractivity contribution < 1.29 is 9.32 Å². The van der Waals surface area contributed by atoms with Gasteiger partial charge in [0.2, 0.25) is 11.7 Å². The van der Waals surface area contributed by atoms with Crippen LogP contribution in [0.25, 0.3) is 11.4 Å². The highest BCUT2D eigenvalue weighted by Gasteiger charge is 2.25. The van der Waals surface area contributed by atoms with Gasteiger partial charge >= 0.3 is 6.03 Å². The molecule has 2 aromatic rings. The second-order valence-corrected chi connectivity index (χ2v) is 6.06. The number of pyridine rings is 1. The number of likely N-dealkylation sites (tertiary alicyclic amines) is 1. The maximum Gasteiger partial charge on any atom is 0.319 e. The number of aromatic nitrogens is 3. The number of carbonyl (C=O) groups excluding carboxylic acids is 1. The Kier molecular flexibility index (Phi) is 4.55. The first-order chi connectivity index (χ1) is 11.1. The fraction of sp³-hybridized carbons (Fsp3) is 0.500. The lowest BCUT2D eigenvalue weighted by molar-refractivity contribution is 0.145. The van der Waals surface area contributed by atoms with Crippen molar-refractivity contribution in [3.63, 3.8) is 0 Å². The van der Waals surface area contributed by atoms with E-state index in [4.69, 9.17) is 4.52 Å². The number of carbonyl (C=O) groups is 1. The quantitative estimate of drug-likeness (QED) is 0.866. The van der Waals surface area contributed by atoms with Crippen LogP contribution in [0.2, 0.25) is 0 Å². The van der Waals surface area contributed by atoms with E-state index in [9.17, 15) is 4.79 Å². The van der Waals surface area contributed by atoms with Gasteiger partial charge in [0.25, 0.3) is 0 Å². The fourth-order valence-corrected chi connectivity index (χ4v) is 2.81. The minimum Gasteiger partial charge on any atom is -0.339 e. The highest BCUT2D eigenvalue weighted by molar-refractivity contribution is 5.73. The molecular formula is C16H21N5O2. The minimum atomic E-state index is 0.0834. The standard InChI is InChI=1S/C16H21N5O2/c1-20(2)16(22)21-8-5-12(6-9-21)10-14-18-15(19-23-14)13-4-3-7-17-11-13/h3-4,7,11-12H,5-6,8-10H2,1-2H3. The number of nitrogens with zero attached hydrogens (tertiary/aromatic N) is 5. The molecule has 7 nitrogen and oxygen atoms in total. The Hall–Kier alpha value is -2.44. The van der Waals surface area contributed by atoms with E-state index in [0.29, 0.717) is 17.6 Å². The molecule has 122 valence electrons. The molecule has 1 saturated heterocycles. The third kappa shape index (κ3) is 3.67. The third-order valence-corrected chi connectivity index (χ3v) is 4.12. The third-order valence-electron chi connectivity index (χ3n) is 4.12. The van der Waals surface area contributed by atoms with Gasteiger partial charge in [0.15, 0.2) is 0 Å². The Morgan fingerprint density at radius 2 is 2.17 bits per heavy atom. The van der Waals surface area contributed by atoms with Gasteiger partial charge in [-0.15, -0.1) is 0 Å². The molecule has 1 aliphatic rings. The van der Waals surface area contributed by atoms with E-state index < -0.39 is 0 Å². The number of amides is 2. The Labute approximate surface area is 135 Å². The monoisotopic (exact) mass is 315 g/mol. The lowest BCUT2D eigenvalue weighted by Crippen LogP contribution is -2.44. The van der Waals surface area contributed by atoms with Crippen molar-refractivity contribution in [1.82, 2.24) is 24.9 Å². The summed E-state index contributed by atoms with van der Waals surface area (Å²) in [5, 5.41) is 4.02. The van der Waals surface area contributed by atoms with Gasteiger partial charge in [-0.05, 0) is 30.9 Å². The van der Waals surface area contributed by atoms with Crippen molar-refractivity contribution in [3.05, 3.63) is 30.4 Å². The lowest BCUT2D eigenvalue weighted by Gasteiger charge is -2.33. The zero-order valence-corrected chi connectivity index (χ0v) is 13.5. The van der Waals surface area contributed by atoms with Gasteiger partial charge in [0.1, 0.15) is 0 Å². The van der Waals surface area contributed by atoms with Crippen molar-refractivity contribution in [2.24, 2.45) is 5.92 Å². The van der Waals surface area contributed by atoms with E-state index in [1.807, 2.05) is 17.0 Å². The highest BCUT2D eigenvalue weighted by Crippen LogP contribution is 2.23. The number of piperidine rings is 1. The van der Waals surface area contributed by atoms with Crippen LogP contribution in [0.4, 0.5) is 4.79 Å². The lowest BCUT2D eigenvalue weighted by atomic mass is 9.94. The Morgan fingerprint density at radius 1 is 1.39 bits per heavy atom. The molecule has 2 amide bonds. The van der Waals surface area contributed by atoms with E-state index in [2.05, 4.69) is 15.1 Å². The van der Waals surface area contributed by atoms with Gasteiger partial charge in [-0.2, -0.15) is 4.98 Å². The van der Waals surface area contributed by atoms with E-state index >= 15 is 0 Å². The summed E-state index contributed by atoms with van der Waals surface area (Å²) >= 11 is 0. The number of hydrogen-bond acceptors (Lipinski definition) is 5. The maximum atomic E-state index is 11.9. The average molecular weight is 315 g/mol. The maximum absolute atomic E-state index is 11.9. The van der Waals surface area contributed by atoms with Crippen molar-refractivity contribution in [1.29, 1.82) is 0 Å². The Balaban J connectivity index is 1.55. The SMILES string of the molecule is CN(C)C(=O)N1CCC(Cc2nc(-c3cccnc3)no2)CC1. The Bertz CT molecular complexity index is 648. The molecule has 0 aromatic carbocycles. The van der Waals surface area contributed by atoms with Crippen molar-refractivity contribution in [3.8, 4) is 11.4 Å². The molecular weight excluding hydrogens is 294 g/mol. The average Bonchev–Trinajstić information content (AvgIpc) is 3.04. The summed E-state index contributed by atoms with van der Waals surface area (Å²) in [6.45, 7) is 1.57. The van der Waals surface area contributed by atoms with Crippen molar-refractivity contribution in [2.45, 2.75) is 19.3 Å². The summed E-state index contributed by atoms with van der Waals surface area (Å²) in [6.07, 6.45) is 6.12. The van der Waals surface area contributed by atoms with Crippen LogP contribution >= 0.6 is 0 Å². The van der Waals surface area contributed by atoms with Crippen LogP contribution in [-0.4, -0.2) is 58.1 Å². The van der Waals surface area contributed by atoms with Crippen molar-refractivity contribution in [2.75, 3.05) is 27.2 Å². The van der Waals surface area contributed by atoms with Crippen molar-refractivity contribution >= 4 is 6.03 Å². The van der Waals surface area contributed by atoms with Gasteiger partial charge in [-0.1, -0.05) is 5.16 Å². The Morgan fingerprint density at radius 3 is 2.83 bits per heavy atom. The molecule has 0 bridgehead atoms. The molecule has 0 radical (unpaired) electrons. The normalized spacial score (nSPS) is 15.7. The van der Waals surface area contributed by atoms with E-state index in [1.165, 1.54) is 0 Å². The van der Waals surface area contributed by atoms with Gasteiger partial charge in [-0.3, -0.25) is 4.98 Å². The smallest absolute Gasteiger partial charge is 0.319 e. The molecule has 3 heterocycles.